The molecule has 0 aliphatic rings. The zero-order chi connectivity index (χ0) is 23.4. The topological polar surface area (TPSA) is 101 Å². The van der Waals surface area contributed by atoms with Crippen LogP contribution in [0.1, 0.15) is 18.3 Å². The molecule has 0 fully saturated rings. The molecule has 2 heterocycles. The third-order valence-corrected chi connectivity index (χ3v) is 5.00. The SMILES string of the molecule is C#CCn1c(=O)c2c(nc(C#Cc3ccc(OC)c(OC)c3)n2C)n(C[C@@H](C)CO)c1=O.S. The van der Waals surface area contributed by atoms with Crippen molar-refractivity contribution in [1.82, 2.24) is 18.7 Å². The van der Waals surface area contributed by atoms with Crippen molar-refractivity contribution in [3.8, 4) is 35.7 Å². The first-order valence-electron chi connectivity index (χ1n) is 9.84. The maximum absolute atomic E-state index is 13.0. The summed E-state index contributed by atoms with van der Waals surface area (Å²) in [6.45, 7) is 1.67. The maximum Gasteiger partial charge on any atom is 0.333 e. The van der Waals surface area contributed by atoms with Crippen molar-refractivity contribution in [2.75, 3.05) is 20.8 Å². The minimum atomic E-state index is -0.571. The molecule has 3 rings (SSSR count). The highest BCUT2D eigenvalue weighted by atomic mass is 32.1. The molecule has 0 spiro atoms. The van der Waals surface area contributed by atoms with Gasteiger partial charge in [0.2, 0.25) is 0 Å². The lowest BCUT2D eigenvalue weighted by Crippen LogP contribution is -2.41. The maximum atomic E-state index is 13.0. The lowest BCUT2D eigenvalue weighted by atomic mass is 10.2. The van der Waals surface area contributed by atoms with Gasteiger partial charge in [0, 0.05) is 25.8 Å². The van der Waals surface area contributed by atoms with Crippen molar-refractivity contribution in [2.45, 2.75) is 20.0 Å². The number of hydrogen-bond acceptors (Lipinski definition) is 6. The van der Waals surface area contributed by atoms with Gasteiger partial charge in [-0.05, 0) is 30.0 Å². The van der Waals surface area contributed by atoms with E-state index in [9.17, 15) is 14.7 Å². The summed E-state index contributed by atoms with van der Waals surface area (Å²) in [5.74, 6) is 9.48. The molecule has 1 N–H and O–H groups in total. The molecule has 0 amide bonds. The molecule has 174 valence electrons. The van der Waals surface area contributed by atoms with Gasteiger partial charge in [-0.1, -0.05) is 18.8 Å². The van der Waals surface area contributed by atoms with Crippen molar-refractivity contribution in [1.29, 1.82) is 0 Å². The Labute approximate surface area is 198 Å². The number of ether oxygens (including phenoxy) is 2. The monoisotopic (exact) mass is 470 g/mol. The molecule has 0 bridgehead atoms. The fourth-order valence-electron chi connectivity index (χ4n) is 3.28. The third kappa shape index (κ3) is 4.92. The number of benzene rings is 1. The van der Waals surface area contributed by atoms with Crippen LogP contribution in [-0.4, -0.2) is 44.6 Å². The number of aliphatic hydroxyl groups excluding tert-OH is 1. The van der Waals surface area contributed by atoms with Gasteiger partial charge >= 0.3 is 5.69 Å². The number of aryl methyl sites for hydroxylation is 1. The van der Waals surface area contributed by atoms with Crippen molar-refractivity contribution in [3.05, 3.63) is 50.4 Å². The Hall–Kier alpha value is -3.60. The number of methoxy groups -OCH3 is 2. The van der Waals surface area contributed by atoms with Crippen molar-refractivity contribution < 1.29 is 14.6 Å². The number of aliphatic hydroxyl groups is 1. The molecule has 33 heavy (non-hydrogen) atoms. The first-order chi connectivity index (χ1) is 15.4. The van der Waals surface area contributed by atoms with Crippen molar-refractivity contribution >= 4 is 24.7 Å². The van der Waals surface area contributed by atoms with Gasteiger partial charge in [-0.15, -0.1) is 6.42 Å². The summed E-state index contributed by atoms with van der Waals surface area (Å²) in [6, 6.07) is 5.24. The first-order valence-corrected chi connectivity index (χ1v) is 9.84. The van der Waals surface area contributed by atoms with Crippen LogP contribution in [0.25, 0.3) is 11.2 Å². The van der Waals surface area contributed by atoms with Crippen LogP contribution in [0.15, 0.2) is 27.8 Å². The van der Waals surface area contributed by atoms with E-state index in [0.717, 1.165) is 4.57 Å². The second-order valence-electron chi connectivity index (χ2n) is 7.26. The largest absolute Gasteiger partial charge is 0.493 e. The van der Waals surface area contributed by atoms with Crippen LogP contribution in [0, 0.1) is 30.1 Å². The Morgan fingerprint density at radius 3 is 2.45 bits per heavy atom. The molecule has 0 saturated heterocycles. The number of rotatable bonds is 6. The molecule has 0 radical (unpaired) electrons. The Morgan fingerprint density at radius 2 is 1.85 bits per heavy atom. The van der Waals surface area contributed by atoms with Crippen LogP contribution in [0.3, 0.4) is 0 Å². The quantitative estimate of drug-likeness (QED) is 0.532. The molecule has 1 aromatic carbocycles. The summed E-state index contributed by atoms with van der Waals surface area (Å²) in [5.41, 5.74) is -0.0386. The first kappa shape index (κ1) is 25.7. The van der Waals surface area contributed by atoms with E-state index in [2.05, 4.69) is 22.7 Å². The van der Waals surface area contributed by atoms with Gasteiger partial charge in [-0.25, -0.2) is 14.3 Å². The van der Waals surface area contributed by atoms with E-state index < -0.39 is 11.2 Å². The summed E-state index contributed by atoms with van der Waals surface area (Å²) in [4.78, 5) is 30.4. The summed E-state index contributed by atoms with van der Waals surface area (Å²) in [6.07, 6.45) is 5.36. The van der Waals surface area contributed by atoms with Crippen LogP contribution in [-0.2, 0) is 20.1 Å². The van der Waals surface area contributed by atoms with Gasteiger partial charge in [-0.2, -0.15) is 13.5 Å². The highest BCUT2D eigenvalue weighted by Crippen LogP contribution is 2.27. The number of fused-ring (bicyclic) bond motifs is 1. The van der Waals surface area contributed by atoms with E-state index in [1.165, 1.54) is 16.2 Å². The second-order valence-corrected chi connectivity index (χ2v) is 7.26. The van der Waals surface area contributed by atoms with Crippen LogP contribution in [0.4, 0.5) is 0 Å². The number of imidazole rings is 1. The Balaban J connectivity index is 0.00000385. The number of hydrogen-bond donors (Lipinski definition) is 1. The third-order valence-electron chi connectivity index (χ3n) is 5.00. The fourth-order valence-corrected chi connectivity index (χ4v) is 3.28. The van der Waals surface area contributed by atoms with Crippen LogP contribution >= 0.6 is 13.5 Å². The fraction of sp³-hybridized carbons (Fsp3) is 0.348. The van der Waals surface area contributed by atoms with Crippen LogP contribution in [0.5, 0.6) is 11.5 Å². The molecule has 0 saturated carbocycles. The molecule has 0 aliphatic carbocycles. The lowest BCUT2D eigenvalue weighted by Gasteiger charge is -2.13. The van der Waals surface area contributed by atoms with Crippen LogP contribution in [0.2, 0.25) is 0 Å². The average Bonchev–Trinajstić information content (AvgIpc) is 3.13. The molecule has 1 atom stereocenters. The molecule has 10 heteroatoms. The molecule has 2 aromatic heterocycles. The highest BCUT2D eigenvalue weighted by Gasteiger charge is 2.20. The predicted molar refractivity (Wildman–Crippen MR) is 130 cm³/mol. The summed E-state index contributed by atoms with van der Waals surface area (Å²) < 4.78 is 14.4. The predicted octanol–water partition coefficient (Wildman–Crippen LogP) is 0.688. The van der Waals surface area contributed by atoms with Gasteiger partial charge in [0.25, 0.3) is 5.56 Å². The van der Waals surface area contributed by atoms with E-state index in [1.807, 2.05) is 0 Å². The number of aromatic nitrogens is 4. The van der Waals surface area contributed by atoms with E-state index in [0.29, 0.717) is 22.9 Å². The molecule has 0 aliphatic heterocycles. The summed E-state index contributed by atoms with van der Waals surface area (Å²) in [7, 11) is 4.74. The van der Waals surface area contributed by atoms with Gasteiger partial charge in [0.05, 0.1) is 20.8 Å². The zero-order valence-electron chi connectivity index (χ0n) is 18.9. The smallest absolute Gasteiger partial charge is 0.333 e. The average molecular weight is 471 g/mol. The number of terminal acetylenes is 1. The molecular formula is C23H26N4O5S. The van der Waals surface area contributed by atoms with E-state index in [4.69, 9.17) is 15.9 Å². The zero-order valence-corrected chi connectivity index (χ0v) is 19.9. The van der Waals surface area contributed by atoms with Gasteiger partial charge < -0.3 is 19.1 Å². The van der Waals surface area contributed by atoms with E-state index in [-0.39, 0.29) is 50.3 Å². The van der Waals surface area contributed by atoms with Gasteiger partial charge in [0.15, 0.2) is 28.5 Å². The number of nitrogens with zero attached hydrogens (tertiary/aromatic N) is 4. The van der Waals surface area contributed by atoms with Crippen molar-refractivity contribution in [3.63, 3.8) is 0 Å². The van der Waals surface area contributed by atoms with E-state index >= 15 is 0 Å². The Morgan fingerprint density at radius 1 is 1.15 bits per heavy atom. The lowest BCUT2D eigenvalue weighted by molar-refractivity contribution is 0.222. The summed E-state index contributed by atoms with van der Waals surface area (Å²) in [5, 5.41) is 9.45. The molecule has 0 unspecified atom stereocenters. The van der Waals surface area contributed by atoms with Crippen molar-refractivity contribution in [2.24, 2.45) is 13.0 Å². The van der Waals surface area contributed by atoms with Crippen LogP contribution < -0.4 is 20.7 Å². The standard InChI is InChI=1S/C23H24N4O5.H2S/c1-6-11-26-22(29)20-21(27(23(26)30)13-15(2)14-28)24-19(25(20)3)10-8-16-7-9-17(31-4)18(12-16)32-5;/h1,7,9,12,15,28H,11,13-14H2,2-5H3;1H2/t15-;/m1./s1. The Bertz CT molecular complexity index is 1380. The summed E-state index contributed by atoms with van der Waals surface area (Å²) >= 11 is 0. The molecular weight excluding hydrogens is 444 g/mol. The van der Waals surface area contributed by atoms with Gasteiger partial charge in [0.1, 0.15) is 0 Å². The highest BCUT2D eigenvalue weighted by molar-refractivity contribution is 7.59. The minimum Gasteiger partial charge on any atom is -0.493 e. The second kappa shape index (κ2) is 10.8. The normalized spacial score (nSPS) is 11.2. The minimum absolute atomic E-state index is 0. The molecule has 3 aromatic rings. The molecule has 9 nitrogen and oxygen atoms in total. The van der Waals surface area contributed by atoms with Gasteiger partial charge in [-0.3, -0.25) is 9.36 Å². The Kier molecular flexibility index (Phi) is 8.41. The van der Waals surface area contributed by atoms with E-state index in [1.54, 1.807) is 39.3 Å².